The Morgan fingerprint density at radius 3 is 2.29 bits per heavy atom. The van der Waals surface area contributed by atoms with E-state index in [0.29, 0.717) is 6.42 Å². The molecule has 2 aromatic rings. The monoisotopic (exact) mass is 484 g/mol. The molecule has 5 rings (SSSR count). The van der Waals surface area contributed by atoms with Crippen molar-refractivity contribution in [3.8, 4) is 11.1 Å². The summed E-state index contributed by atoms with van der Waals surface area (Å²) in [6.07, 6.45) is -0.386. The Labute approximate surface area is 201 Å². The van der Waals surface area contributed by atoms with Crippen LogP contribution in [0.1, 0.15) is 30.4 Å². The summed E-state index contributed by atoms with van der Waals surface area (Å²) in [5, 5.41) is 11.8. The summed E-state index contributed by atoms with van der Waals surface area (Å²) in [6.45, 7) is 1.44. The number of benzene rings is 2. The molecule has 2 aromatic carbocycles. The highest BCUT2D eigenvalue weighted by Crippen LogP contribution is 2.56. The first-order valence-electron chi connectivity index (χ1n) is 11.7. The molecule has 1 saturated carbocycles. The van der Waals surface area contributed by atoms with E-state index in [2.05, 4.69) is 5.32 Å². The number of nitrogens with zero attached hydrogens (tertiary/aromatic N) is 1. The molecular weight excluding hydrogens is 458 g/mol. The van der Waals surface area contributed by atoms with Crippen LogP contribution < -0.4 is 5.32 Å². The second-order valence-corrected chi connectivity index (χ2v) is 9.55. The van der Waals surface area contributed by atoms with Crippen LogP contribution in [0.5, 0.6) is 0 Å². The van der Waals surface area contributed by atoms with Gasteiger partial charge >= 0.3 is 12.1 Å². The fraction of sp³-hybridized carbons (Fsp3) is 0.423. The maximum Gasteiger partial charge on any atom is 0.407 e. The van der Waals surface area contributed by atoms with Crippen LogP contribution in [0.4, 0.5) is 13.6 Å². The average Bonchev–Trinajstić information content (AvgIpc) is 3.11. The van der Waals surface area contributed by atoms with E-state index >= 15 is 0 Å². The Balaban J connectivity index is 1.18. The number of hydrogen-bond donors (Lipinski definition) is 2. The van der Waals surface area contributed by atoms with Crippen LogP contribution in [0.15, 0.2) is 48.5 Å². The Kier molecular flexibility index (Phi) is 5.73. The first kappa shape index (κ1) is 23.3. The van der Waals surface area contributed by atoms with Crippen LogP contribution in [0.2, 0.25) is 0 Å². The molecule has 3 aliphatic rings. The number of carbonyl (C=O) groups excluding carboxylic acids is 2. The largest absolute Gasteiger partial charge is 0.480 e. The molecule has 2 fully saturated rings. The van der Waals surface area contributed by atoms with Crippen LogP contribution in [-0.2, 0) is 14.3 Å². The van der Waals surface area contributed by atoms with Crippen LogP contribution in [-0.4, -0.2) is 59.6 Å². The van der Waals surface area contributed by atoms with Gasteiger partial charge in [-0.2, -0.15) is 0 Å². The second-order valence-electron chi connectivity index (χ2n) is 9.55. The molecule has 0 radical (unpaired) electrons. The van der Waals surface area contributed by atoms with Gasteiger partial charge in [0, 0.05) is 19.0 Å². The Hall–Kier alpha value is -3.49. The molecule has 1 saturated heterocycles. The summed E-state index contributed by atoms with van der Waals surface area (Å²) in [4.78, 5) is 37.6. The third-order valence-electron chi connectivity index (χ3n) is 7.51. The van der Waals surface area contributed by atoms with E-state index in [9.17, 15) is 28.3 Å². The van der Waals surface area contributed by atoms with Crippen molar-refractivity contribution in [2.75, 3.05) is 19.7 Å². The first-order chi connectivity index (χ1) is 16.7. The maximum atomic E-state index is 14.4. The molecule has 0 spiro atoms. The molecule has 1 aliphatic heterocycles. The number of carboxylic acid groups (broad SMARTS) is 1. The molecule has 2 N–H and O–H groups in total. The zero-order valence-electron chi connectivity index (χ0n) is 19.1. The minimum atomic E-state index is -3.30. The number of ether oxygens (including phenoxy) is 1. The number of alkyl carbamates (subject to hydrolysis) is 1. The summed E-state index contributed by atoms with van der Waals surface area (Å²) in [7, 11) is 0. The molecule has 7 nitrogen and oxygen atoms in total. The van der Waals surface area contributed by atoms with Gasteiger partial charge in [0.15, 0.2) is 0 Å². The van der Waals surface area contributed by atoms with Crippen molar-refractivity contribution in [1.82, 2.24) is 10.2 Å². The number of alkyl halides is 2. The fourth-order valence-corrected chi connectivity index (χ4v) is 5.57. The van der Waals surface area contributed by atoms with Gasteiger partial charge in [-0.25, -0.2) is 18.4 Å². The number of aliphatic carboxylic acids is 1. The van der Waals surface area contributed by atoms with Gasteiger partial charge in [-0.3, -0.25) is 4.79 Å². The van der Waals surface area contributed by atoms with E-state index in [4.69, 9.17) is 4.74 Å². The van der Waals surface area contributed by atoms with Crippen molar-refractivity contribution in [2.24, 2.45) is 17.8 Å². The molecule has 35 heavy (non-hydrogen) atoms. The van der Waals surface area contributed by atoms with E-state index in [-0.39, 0.29) is 25.0 Å². The lowest BCUT2D eigenvalue weighted by Gasteiger charge is -2.23. The third-order valence-corrected chi connectivity index (χ3v) is 7.51. The molecule has 9 heteroatoms. The van der Waals surface area contributed by atoms with Crippen molar-refractivity contribution < 1.29 is 33.0 Å². The lowest BCUT2D eigenvalue weighted by atomic mass is 9.98. The molecule has 4 atom stereocenters. The molecular formula is C26H26F2N2O5. The number of carboxylic acids is 1. The highest BCUT2D eigenvalue weighted by atomic mass is 19.3. The summed E-state index contributed by atoms with van der Waals surface area (Å²) >= 11 is 0. The summed E-state index contributed by atoms with van der Waals surface area (Å²) in [6, 6.07) is 14.6. The van der Waals surface area contributed by atoms with Gasteiger partial charge in [-0.05, 0) is 34.6 Å². The number of halogens is 2. The summed E-state index contributed by atoms with van der Waals surface area (Å²) < 4.78 is 34.2. The smallest absolute Gasteiger partial charge is 0.407 e. The molecule has 2 amide bonds. The third kappa shape index (κ3) is 3.92. The highest BCUT2D eigenvalue weighted by molar-refractivity contribution is 5.89. The van der Waals surface area contributed by atoms with Crippen molar-refractivity contribution in [1.29, 1.82) is 0 Å². The minimum Gasteiger partial charge on any atom is -0.480 e. The van der Waals surface area contributed by atoms with Crippen LogP contribution in [0.25, 0.3) is 11.1 Å². The quantitative estimate of drug-likeness (QED) is 0.652. The summed E-state index contributed by atoms with van der Waals surface area (Å²) in [5.41, 5.74) is 4.22. The number of carbonyl (C=O) groups is 3. The van der Waals surface area contributed by atoms with Crippen LogP contribution >= 0.6 is 0 Å². The zero-order valence-corrected chi connectivity index (χ0v) is 19.1. The lowest BCUT2D eigenvalue weighted by Crippen LogP contribution is -2.44. The van der Waals surface area contributed by atoms with E-state index in [0.717, 1.165) is 27.2 Å². The predicted molar refractivity (Wildman–Crippen MR) is 122 cm³/mol. The number of amides is 2. The van der Waals surface area contributed by atoms with Crippen molar-refractivity contribution in [2.45, 2.75) is 31.2 Å². The van der Waals surface area contributed by atoms with Gasteiger partial charge in [0.25, 0.3) is 5.92 Å². The number of rotatable bonds is 6. The van der Waals surface area contributed by atoms with Gasteiger partial charge in [0.2, 0.25) is 5.91 Å². The lowest BCUT2D eigenvalue weighted by molar-refractivity contribution is -0.150. The van der Waals surface area contributed by atoms with Gasteiger partial charge in [-0.1, -0.05) is 55.5 Å². The Morgan fingerprint density at radius 2 is 1.69 bits per heavy atom. The molecule has 1 heterocycles. The topological polar surface area (TPSA) is 95.9 Å². The predicted octanol–water partition coefficient (Wildman–Crippen LogP) is 3.73. The molecule has 184 valence electrons. The molecule has 2 aliphatic carbocycles. The van der Waals surface area contributed by atoms with Gasteiger partial charge in [0.1, 0.15) is 18.6 Å². The van der Waals surface area contributed by atoms with E-state index in [1.165, 1.54) is 0 Å². The van der Waals surface area contributed by atoms with Crippen LogP contribution in [0, 0.1) is 17.8 Å². The standard InChI is InChI=1S/C26H26F2N2O5/c1-14-10-11-30(22(14)24(32)33)23(31)21-20(26(21,27)28)12-29-25(34)35-13-19-17-8-4-2-6-15(17)16-7-3-5-9-18(16)19/h2-9,14,19-22H,10-13H2,1H3,(H,29,34)(H,32,33)/t14?,20-,21-,22?/m0/s1. The fourth-order valence-electron chi connectivity index (χ4n) is 5.57. The van der Waals surface area contributed by atoms with E-state index < -0.39 is 48.3 Å². The number of hydrogen-bond acceptors (Lipinski definition) is 4. The average molecular weight is 484 g/mol. The minimum absolute atomic E-state index is 0.0508. The normalized spacial score (nSPS) is 26.1. The zero-order chi connectivity index (χ0) is 24.9. The van der Waals surface area contributed by atoms with Crippen LogP contribution in [0.3, 0.4) is 0 Å². The van der Waals surface area contributed by atoms with Gasteiger partial charge < -0.3 is 20.1 Å². The number of nitrogens with one attached hydrogen (secondary N) is 1. The maximum absolute atomic E-state index is 14.4. The molecule has 0 aromatic heterocycles. The number of likely N-dealkylation sites (tertiary alicyclic amines) is 1. The summed E-state index contributed by atoms with van der Waals surface area (Å²) in [5.74, 6) is -8.85. The van der Waals surface area contributed by atoms with Crippen molar-refractivity contribution in [3.05, 3.63) is 59.7 Å². The Morgan fingerprint density at radius 1 is 1.09 bits per heavy atom. The molecule has 2 unspecified atom stereocenters. The number of fused-ring (bicyclic) bond motifs is 3. The first-order valence-corrected chi connectivity index (χ1v) is 11.7. The van der Waals surface area contributed by atoms with Crippen molar-refractivity contribution >= 4 is 18.0 Å². The van der Waals surface area contributed by atoms with Gasteiger partial charge in [-0.15, -0.1) is 0 Å². The van der Waals surface area contributed by atoms with Gasteiger partial charge in [0.05, 0.1) is 5.92 Å². The van der Waals surface area contributed by atoms with E-state index in [1.807, 2.05) is 48.5 Å². The highest BCUT2D eigenvalue weighted by Gasteiger charge is 2.73. The molecule has 0 bridgehead atoms. The SMILES string of the molecule is CC1CCN(C(=O)[C@@H]2[C@H](CNC(=O)OCC3c4ccccc4-c4ccccc43)C2(F)F)C1C(=O)O. The van der Waals surface area contributed by atoms with Crippen molar-refractivity contribution in [3.63, 3.8) is 0 Å². The van der Waals surface area contributed by atoms with E-state index in [1.54, 1.807) is 6.92 Å². The second kappa shape index (κ2) is 8.62. The Bertz CT molecular complexity index is 1140.